The third-order valence-corrected chi connectivity index (χ3v) is 4.23. The lowest BCUT2D eigenvalue weighted by atomic mass is 10.1. The second-order valence-corrected chi connectivity index (χ2v) is 5.85. The smallest absolute Gasteiger partial charge is 0.254 e. The van der Waals surface area contributed by atoms with Gasteiger partial charge in [-0.2, -0.15) is 0 Å². The number of carbonyl (C=O) groups excluding carboxylic acids is 1. The van der Waals surface area contributed by atoms with E-state index in [2.05, 4.69) is 4.98 Å². The Kier molecular flexibility index (Phi) is 10.5. The molecule has 0 aliphatic heterocycles. The minimum absolute atomic E-state index is 0. The molecule has 1 aromatic heterocycles. The summed E-state index contributed by atoms with van der Waals surface area (Å²) in [5.74, 6) is 0.985. The summed E-state index contributed by atoms with van der Waals surface area (Å²) >= 11 is 1.52. The summed E-state index contributed by atoms with van der Waals surface area (Å²) in [6, 6.07) is 5.10. The van der Waals surface area contributed by atoms with Gasteiger partial charge in [0.05, 0.1) is 18.3 Å². The Labute approximate surface area is 164 Å². The van der Waals surface area contributed by atoms with Gasteiger partial charge >= 0.3 is 0 Å². The molecule has 6 nitrogen and oxygen atoms in total. The van der Waals surface area contributed by atoms with E-state index in [1.807, 2.05) is 12.3 Å². The molecule has 9 heteroatoms. The predicted octanol–water partition coefficient (Wildman–Crippen LogP) is 2.99. The number of methoxy groups -OCH3 is 1. The topological polar surface area (TPSA) is 77.7 Å². The second kappa shape index (κ2) is 11.1. The molecule has 1 amide bonds. The van der Waals surface area contributed by atoms with Crippen molar-refractivity contribution in [3.05, 3.63) is 40.3 Å². The Morgan fingerprint density at radius 3 is 2.64 bits per heavy atom. The van der Waals surface area contributed by atoms with Crippen molar-refractivity contribution in [2.75, 3.05) is 20.7 Å². The van der Waals surface area contributed by atoms with Gasteiger partial charge in [-0.3, -0.25) is 4.79 Å². The summed E-state index contributed by atoms with van der Waals surface area (Å²) in [6.45, 7) is 2.67. The molecule has 2 N–H and O–H groups in total. The zero-order chi connectivity index (χ0) is 16.8. The lowest BCUT2D eigenvalue weighted by Gasteiger charge is -2.24. The third-order valence-electron chi connectivity index (χ3n) is 3.59. The number of aromatic nitrogens is 1. The molecular weight excluding hydrogens is 385 g/mol. The fourth-order valence-corrected chi connectivity index (χ4v) is 2.49. The van der Waals surface area contributed by atoms with Crippen LogP contribution in [0.4, 0.5) is 0 Å². The van der Waals surface area contributed by atoms with Crippen molar-refractivity contribution in [1.82, 2.24) is 9.88 Å². The zero-order valence-electron chi connectivity index (χ0n) is 14.3. The molecule has 0 aliphatic rings. The van der Waals surface area contributed by atoms with Gasteiger partial charge in [0.2, 0.25) is 0 Å². The molecule has 0 bridgehead atoms. The summed E-state index contributed by atoms with van der Waals surface area (Å²) in [5.41, 5.74) is 8.76. The van der Waals surface area contributed by atoms with Crippen LogP contribution in [0.25, 0.3) is 0 Å². The van der Waals surface area contributed by atoms with Crippen LogP contribution in [-0.4, -0.2) is 42.5 Å². The average Bonchev–Trinajstić information content (AvgIpc) is 3.11. The molecule has 0 fully saturated rings. The summed E-state index contributed by atoms with van der Waals surface area (Å²) in [4.78, 5) is 18.2. The predicted molar refractivity (Wildman–Crippen MR) is 105 cm³/mol. The van der Waals surface area contributed by atoms with Crippen LogP contribution in [0.15, 0.2) is 29.1 Å². The SMILES string of the molecule is COc1cc(C(=O)N(C)C(C)CN)ccc1OCc1cscn1.Cl.Cl. The highest BCUT2D eigenvalue weighted by molar-refractivity contribution is 7.07. The fourth-order valence-electron chi connectivity index (χ4n) is 1.94. The van der Waals surface area contributed by atoms with Crippen molar-refractivity contribution in [1.29, 1.82) is 0 Å². The number of thiazole rings is 1. The van der Waals surface area contributed by atoms with Gasteiger partial charge in [0.25, 0.3) is 5.91 Å². The summed E-state index contributed by atoms with van der Waals surface area (Å²) < 4.78 is 11.0. The van der Waals surface area contributed by atoms with E-state index >= 15 is 0 Å². The molecular formula is C16H23Cl2N3O3S. The van der Waals surface area contributed by atoms with Gasteiger partial charge in [0.1, 0.15) is 6.61 Å². The van der Waals surface area contributed by atoms with Crippen molar-refractivity contribution < 1.29 is 14.3 Å². The number of hydrogen-bond acceptors (Lipinski definition) is 6. The van der Waals surface area contributed by atoms with Crippen LogP contribution in [0.2, 0.25) is 0 Å². The average molecular weight is 408 g/mol. The Morgan fingerprint density at radius 1 is 1.36 bits per heavy atom. The zero-order valence-corrected chi connectivity index (χ0v) is 16.7. The van der Waals surface area contributed by atoms with E-state index in [9.17, 15) is 4.79 Å². The molecule has 0 radical (unpaired) electrons. The molecule has 1 unspecified atom stereocenters. The van der Waals surface area contributed by atoms with Crippen LogP contribution in [0.1, 0.15) is 23.0 Å². The van der Waals surface area contributed by atoms with E-state index in [4.69, 9.17) is 15.2 Å². The van der Waals surface area contributed by atoms with Gasteiger partial charge < -0.3 is 20.1 Å². The number of nitrogens with zero attached hydrogens (tertiary/aromatic N) is 2. The molecule has 140 valence electrons. The van der Waals surface area contributed by atoms with Crippen molar-refractivity contribution in [2.24, 2.45) is 5.73 Å². The van der Waals surface area contributed by atoms with Gasteiger partial charge in [0, 0.05) is 30.6 Å². The van der Waals surface area contributed by atoms with Gasteiger partial charge in [-0.15, -0.1) is 36.2 Å². The second-order valence-electron chi connectivity index (χ2n) is 5.13. The maximum Gasteiger partial charge on any atom is 0.254 e. The maximum atomic E-state index is 12.4. The van der Waals surface area contributed by atoms with Crippen LogP contribution in [0, 0.1) is 0 Å². The first-order valence-electron chi connectivity index (χ1n) is 7.22. The van der Waals surface area contributed by atoms with E-state index in [1.165, 1.54) is 11.3 Å². The quantitative estimate of drug-likeness (QED) is 0.762. The number of ether oxygens (including phenoxy) is 2. The number of likely N-dealkylation sites (N-methyl/N-ethyl adjacent to an activating group) is 1. The van der Waals surface area contributed by atoms with Crippen molar-refractivity contribution in [3.63, 3.8) is 0 Å². The molecule has 25 heavy (non-hydrogen) atoms. The van der Waals surface area contributed by atoms with E-state index in [0.29, 0.717) is 30.2 Å². The summed E-state index contributed by atoms with van der Waals surface area (Å²) in [6.07, 6.45) is 0. The molecule has 1 atom stereocenters. The third kappa shape index (κ3) is 6.04. The minimum atomic E-state index is -0.104. The van der Waals surface area contributed by atoms with Crippen LogP contribution >= 0.6 is 36.2 Å². The van der Waals surface area contributed by atoms with E-state index in [1.54, 1.807) is 42.8 Å². The van der Waals surface area contributed by atoms with Gasteiger partial charge in [-0.05, 0) is 25.1 Å². The summed E-state index contributed by atoms with van der Waals surface area (Å²) in [5, 5.41) is 1.92. The standard InChI is InChI=1S/C16H21N3O3S.2ClH/c1-11(7-17)19(2)16(20)12-4-5-14(15(6-12)21-3)22-8-13-9-23-10-18-13;;/h4-6,9-11H,7-8,17H2,1-3H3;2*1H. The molecule has 2 rings (SSSR count). The van der Waals surface area contributed by atoms with Crippen molar-refractivity contribution in [2.45, 2.75) is 19.6 Å². The van der Waals surface area contributed by atoms with E-state index in [0.717, 1.165) is 5.69 Å². The van der Waals surface area contributed by atoms with Crippen LogP contribution in [-0.2, 0) is 6.61 Å². The largest absolute Gasteiger partial charge is 0.493 e. The molecule has 1 aromatic carbocycles. The van der Waals surface area contributed by atoms with Crippen molar-refractivity contribution >= 4 is 42.1 Å². The molecule has 0 spiro atoms. The highest BCUT2D eigenvalue weighted by Crippen LogP contribution is 2.29. The number of benzene rings is 1. The first-order valence-corrected chi connectivity index (χ1v) is 8.16. The Bertz CT molecular complexity index is 656. The number of amides is 1. The highest BCUT2D eigenvalue weighted by Gasteiger charge is 2.18. The monoisotopic (exact) mass is 407 g/mol. The number of rotatable bonds is 7. The van der Waals surface area contributed by atoms with E-state index in [-0.39, 0.29) is 36.8 Å². The highest BCUT2D eigenvalue weighted by atomic mass is 35.5. The van der Waals surface area contributed by atoms with Crippen molar-refractivity contribution in [3.8, 4) is 11.5 Å². The van der Waals surface area contributed by atoms with Gasteiger partial charge in [-0.25, -0.2) is 4.98 Å². The lowest BCUT2D eigenvalue weighted by Crippen LogP contribution is -2.39. The molecule has 2 aromatic rings. The molecule has 0 saturated heterocycles. The maximum absolute atomic E-state index is 12.4. The first-order chi connectivity index (χ1) is 11.1. The Hall–Kier alpha value is -1.54. The molecule has 0 saturated carbocycles. The number of nitrogens with two attached hydrogens (primary N) is 1. The first kappa shape index (κ1) is 23.5. The van der Waals surface area contributed by atoms with Crippen LogP contribution in [0.5, 0.6) is 11.5 Å². The Morgan fingerprint density at radius 2 is 2.08 bits per heavy atom. The van der Waals surface area contributed by atoms with Gasteiger partial charge in [0.15, 0.2) is 11.5 Å². The minimum Gasteiger partial charge on any atom is -0.493 e. The number of hydrogen-bond donors (Lipinski definition) is 1. The fraction of sp³-hybridized carbons (Fsp3) is 0.375. The normalized spacial score (nSPS) is 10.9. The van der Waals surface area contributed by atoms with Crippen LogP contribution in [0.3, 0.4) is 0 Å². The van der Waals surface area contributed by atoms with Gasteiger partial charge in [-0.1, -0.05) is 0 Å². The molecule has 1 heterocycles. The summed E-state index contributed by atoms with van der Waals surface area (Å²) in [7, 11) is 3.28. The number of halogens is 2. The lowest BCUT2D eigenvalue weighted by molar-refractivity contribution is 0.0748. The van der Waals surface area contributed by atoms with Crippen LogP contribution < -0.4 is 15.2 Å². The molecule has 0 aliphatic carbocycles. The number of carbonyl (C=O) groups is 1. The van der Waals surface area contributed by atoms with E-state index < -0.39 is 0 Å². The Balaban J connectivity index is 0.00000288.